The van der Waals surface area contributed by atoms with Crippen molar-refractivity contribution in [2.24, 2.45) is 5.92 Å². The Bertz CT molecular complexity index is 540. The normalized spacial score (nSPS) is 17.6. The van der Waals surface area contributed by atoms with E-state index in [1.165, 1.54) is 12.1 Å². The van der Waals surface area contributed by atoms with Gasteiger partial charge in [-0.05, 0) is 56.5 Å². The lowest BCUT2D eigenvalue weighted by atomic mass is 9.99. The first-order chi connectivity index (χ1) is 8.99. The van der Waals surface area contributed by atoms with Crippen LogP contribution in [0, 0.1) is 18.7 Å². The molecule has 106 valence electrons. The van der Waals surface area contributed by atoms with Gasteiger partial charge in [-0.3, -0.25) is 0 Å². The minimum absolute atomic E-state index is 0.0291. The molecule has 6 heteroatoms. The van der Waals surface area contributed by atoms with Gasteiger partial charge in [0.2, 0.25) is 10.0 Å². The van der Waals surface area contributed by atoms with Crippen LogP contribution in [0.4, 0.5) is 4.39 Å². The van der Waals surface area contributed by atoms with Crippen molar-refractivity contribution in [2.75, 3.05) is 19.6 Å². The molecule has 1 aliphatic heterocycles. The van der Waals surface area contributed by atoms with Gasteiger partial charge in [0.05, 0.1) is 4.90 Å². The number of rotatable bonds is 4. The van der Waals surface area contributed by atoms with Crippen LogP contribution in [0.3, 0.4) is 0 Å². The van der Waals surface area contributed by atoms with Gasteiger partial charge in [0.25, 0.3) is 0 Å². The monoisotopic (exact) mass is 286 g/mol. The molecule has 1 saturated heterocycles. The molecule has 4 nitrogen and oxygen atoms in total. The standard InChI is InChI=1S/C13H19FN2O2S/c1-10-2-3-12(14)8-13(10)19(17,18)16-9-11-4-6-15-7-5-11/h2-3,8,11,15-16H,4-7,9H2,1H3. The van der Waals surface area contributed by atoms with E-state index in [4.69, 9.17) is 0 Å². The van der Waals surface area contributed by atoms with E-state index in [0.29, 0.717) is 18.0 Å². The van der Waals surface area contributed by atoms with Gasteiger partial charge < -0.3 is 5.32 Å². The number of nitrogens with one attached hydrogen (secondary N) is 2. The van der Waals surface area contributed by atoms with E-state index in [9.17, 15) is 12.8 Å². The van der Waals surface area contributed by atoms with Crippen LogP contribution in [0.25, 0.3) is 0 Å². The minimum atomic E-state index is -3.62. The SMILES string of the molecule is Cc1ccc(F)cc1S(=O)(=O)NCC1CCNCC1. The quantitative estimate of drug-likeness (QED) is 0.880. The van der Waals surface area contributed by atoms with Crippen molar-refractivity contribution in [3.05, 3.63) is 29.6 Å². The molecule has 0 amide bonds. The highest BCUT2D eigenvalue weighted by Gasteiger charge is 2.20. The fourth-order valence-corrected chi connectivity index (χ4v) is 3.62. The lowest BCUT2D eigenvalue weighted by Crippen LogP contribution is -2.36. The van der Waals surface area contributed by atoms with Crippen molar-refractivity contribution in [1.82, 2.24) is 10.0 Å². The number of sulfonamides is 1. The highest BCUT2D eigenvalue weighted by molar-refractivity contribution is 7.89. The van der Waals surface area contributed by atoms with Crippen molar-refractivity contribution in [3.8, 4) is 0 Å². The van der Waals surface area contributed by atoms with Crippen LogP contribution >= 0.6 is 0 Å². The van der Waals surface area contributed by atoms with Crippen LogP contribution in [0.15, 0.2) is 23.1 Å². The first-order valence-corrected chi connectivity index (χ1v) is 7.94. The highest BCUT2D eigenvalue weighted by atomic mass is 32.2. The van der Waals surface area contributed by atoms with Crippen LogP contribution in [0.2, 0.25) is 0 Å². The molecule has 1 aromatic carbocycles. The Morgan fingerprint density at radius 1 is 1.37 bits per heavy atom. The van der Waals surface area contributed by atoms with Crippen molar-refractivity contribution in [1.29, 1.82) is 0 Å². The Labute approximate surface area is 113 Å². The zero-order chi connectivity index (χ0) is 13.9. The molecule has 1 fully saturated rings. The van der Waals surface area contributed by atoms with Crippen LogP contribution < -0.4 is 10.0 Å². The summed E-state index contributed by atoms with van der Waals surface area (Å²) in [6, 6.07) is 3.82. The molecule has 0 aromatic heterocycles. The van der Waals surface area contributed by atoms with Gasteiger partial charge >= 0.3 is 0 Å². The fraction of sp³-hybridized carbons (Fsp3) is 0.538. The highest BCUT2D eigenvalue weighted by Crippen LogP contribution is 2.17. The number of halogens is 1. The zero-order valence-electron chi connectivity index (χ0n) is 10.9. The predicted molar refractivity (Wildman–Crippen MR) is 71.9 cm³/mol. The van der Waals surface area contributed by atoms with Gasteiger partial charge in [0.1, 0.15) is 5.82 Å². The van der Waals surface area contributed by atoms with E-state index < -0.39 is 15.8 Å². The Balaban J connectivity index is 2.07. The van der Waals surface area contributed by atoms with Gasteiger partial charge in [-0.15, -0.1) is 0 Å². The lowest BCUT2D eigenvalue weighted by Gasteiger charge is -2.22. The largest absolute Gasteiger partial charge is 0.317 e. The Morgan fingerprint density at radius 3 is 2.74 bits per heavy atom. The number of piperidine rings is 1. The first-order valence-electron chi connectivity index (χ1n) is 6.45. The third kappa shape index (κ3) is 3.75. The van der Waals surface area contributed by atoms with Crippen molar-refractivity contribution in [2.45, 2.75) is 24.7 Å². The molecule has 0 atom stereocenters. The molecule has 19 heavy (non-hydrogen) atoms. The van der Waals surface area contributed by atoms with E-state index in [2.05, 4.69) is 10.0 Å². The van der Waals surface area contributed by atoms with E-state index in [-0.39, 0.29) is 4.90 Å². The van der Waals surface area contributed by atoms with Crippen molar-refractivity contribution < 1.29 is 12.8 Å². The molecule has 1 heterocycles. The number of hydrogen-bond donors (Lipinski definition) is 2. The topological polar surface area (TPSA) is 58.2 Å². The Kier molecular flexibility index (Phi) is 4.54. The lowest BCUT2D eigenvalue weighted by molar-refractivity contribution is 0.372. The molecular weight excluding hydrogens is 267 g/mol. The Hall–Kier alpha value is -0.980. The molecule has 2 rings (SSSR count). The summed E-state index contributed by atoms with van der Waals surface area (Å²) >= 11 is 0. The third-order valence-corrected chi connectivity index (χ3v) is 5.03. The van der Waals surface area contributed by atoms with Gasteiger partial charge in [-0.2, -0.15) is 0 Å². The summed E-state index contributed by atoms with van der Waals surface area (Å²) in [6.07, 6.45) is 1.93. The van der Waals surface area contributed by atoms with Gasteiger partial charge in [0, 0.05) is 6.54 Å². The molecule has 0 aliphatic carbocycles. The van der Waals surface area contributed by atoms with Crippen LogP contribution in [0.5, 0.6) is 0 Å². The zero-order valence-corrected chi connectivity index (χ0v) is 11.8. The molecule has 0 spiro atoms. The third-order valence-electron chi connectivity index (χ3n) is 3.46. The Morgan fingerprint density at radius 2 is 2.05 bits per heavy atom. The van der Waals surface area contributed by atoms with Crippen molar-refractivity contribution in [3.63, 3.8) is 0 Å². The second-order valence-electron chi connectivity index (χ2n) is 4.96. The van der Waals surface area contributed by atoms with Gasteiger partial charge in [-0.1, -0.05) is 6.07 Å². The predicted octanol–water partition coefficient (Wildman–Crippen LogP) is 1.41. The number of aryl methyl sites for hydroxylation is 1. The average molecular weight is 286 g/mol. The average Bonchev–Trinajstić information content (AvgIpc) is 2.40. The van der Waals surface area contributed by atoms with E-state index in [1.807, 2.05) is 0 Å². The summed E-state index contributed by atoms with van der Waals surface area (Å²) in [5, 5.41) is 3.23. The summed E-state index contributed by atoms with van der Waals surface area (Å²) in [5.74, 6) is -0.183. The molecule has 2 N–H and O–H groups in total. The van der Waals surface area contributed by atoms with Crippen LogP contribution in [-0.2, 0) is 10.0 Å². The minimum Gasteiger partial charge on any atom is -0.317 e. The van der Waals surface area contributed by atoms with E-state index >= 15 is 0 Å². The summed E-state index contributed by atoms with van der Waals surface area (Å²) in [5.41, 5.74) is 0.555. The maximum atomic E-state index is 13.2. The van der Waals surface area contributed by atoms with E-state index in [1.54, 1.807) is 6.92 Å². The molecule has 1 aromatic rings. The molecule has 1 aliphatic rings. The molecule has 0 saturated carbocycles. The number of hydrogen-bond acceptors (Lipinski definition) is 3. The summed E-state index contributed by atoms with van der Waals surface area (Å²) < 4.78 is 40.1. The van der Waals surface area contributed by atoms with Gasteiger partial charge in [-0.25, -0.2) is 17.5 Å². The molecule has 0 radical (unpaired) electrons. The van der Waals surface area contributed by atoms with Crippen LogP contribution in [-0.4, -0.2) is 28.1 Å². The maximum absolute atomic E-state index is 13.2. The van der Waals surface area contributed by atoms with Crippen LogP contribution in [0.1, 0.15) is 18.4 Å². The summed E-state index contributed by atoms with van der Waals surface area (Å²) in [6.45, 7) is 3.93. The summed E-state index contributed by atoms with van der Waals surface area (Å²) in [7, 11) is -3.62. The molecular formula is C13H19FN2O2S. The second kappa shape index (κ2) is 5.98. The van der Waals surface area contributed by atoms with E-state index in [0.717, 1.165) is 32.0 Å². The van der Waals surface area contributed by atoms with Crippen molar-refractivity contribution >= 4 is 10.0 Å². The molecule has 0 unspecified atom stereocenters. The smallest absolute Gasteiger partial charge is 0.240 e. The molecule has 0 bridgehead atoms. The second-order valence-corrected chi connectivity index (χ2v) is 6.69. The number of benzene rings is 1. The fourth-order valence-electron chi connectivity index (χ4n) is 2.25. The summed E-state index contributed by atoms with van der Waals surface area (Å²) in [4.78, 5) is 0.0291. The first kappa shape index (κ1) is 14.4. The maximum Gasteiger partial charge on any atom is 0.240 e. The van der Waals surface area contributed by atoms with Gasteiger partial charge in [0.15, 0.2) is 0 Å².